The first kappa shape index (κ1) is 16.0. The van der Waals surface area contributed by atoms with Gasteiger partial charge in [0.05, 0.1) is 0 Å². The van der Waals surface area contributed by atoms with E-state index >= 15 is 0 Å². The van der Waals surface area contributed by atoms with Crippen LogP contribution in [0, 0.1) is 0 Å². The fourth-order valence-corrected chi connectivity index (χ4v) is 2.74. The molecule has 1 heterocycles. The lowest BCUT2D eigenvalue weighted by atomic mass is 10.2. The molecule has 2 rings (SSSR count). The lowest BCUT2D eigenvalue weighted by Gasteiger charge is -2.23. The van der Waals surface area contributed by atoms with E-state index in [2.05, 4.69) is 24.1 Å². The van der Waals surface area contributed by atoms with E-state index in [9.17, 15) is 4.79 Å². The van der Waals surface area contributed by atoms with Crippen molar-refractivity contribution < 1.29 is 9.53 Å². The SMILES string of the molecule is CC(C)N[C@@H]1CCN(C(C)C(=O)OCc2ccccc2)C1. The molecule has 0 aliphatic carbocycles. The van der Waals surface area contributed by atoms with Crippen LogP contribution >= 0.6 is 0 Å². The minimum absolute atomic E-state index is 0.135. The quantitative estimate of drug-likeness (QED) is 0.816. The average Bonchev–Trinajstić information content (AvgIpc) is 2.92. The van der Waals surface area contributed by atoms with E-state index in [1.807, 2.05) is 37.3 Å². The predicted octanol–water partition coefficient (Wildman–Crippen LogP) is 2.19. The van der Waals surface area contributed by atoms with E-state index in [0.717, 1.165) is 25.1 Å². The van der Waals surface area contributed by atoms with Crippen LogP contribution in [0.1, 0.15) is 32.8 Å². The zero-order valence-corrected chi connectivity index (χ0v) is 13.2. The van der Waals surface area contributed by atoms with Crippen LogP contribution in [-0.4, -0.2) is 42.1 Å². The second-order valence-corrected chi connectivity index (χ2v) is 6.07. The van der Waals surface area contributed by atoms with Crippen LogP contribution in [0.25, 0.3) is 0 Å². The Morgan fingerprint density at radius 2 is 2.05 bits per heavy atom. The molecule has 0 aromatic heterocycles. The normalized spacial score (nSPS) is 20.7. The molecule has 1 aromatic carbocycles. The summed E-state index contributed by atoms with van der Waals surface area (Å²) in [6.45, 7) is 8.46. The summed E-state index contributed by atoms with van der Waals surface area (Å²) in [6.07, 6.45) is 1.09. The van der Waals surface area contributed by atoms with Crippen molar-refractivity contribution in [2.75, 3.05) is 13.1 Å². The smallest absolute Gasteiger partial charge is 0.323 e. The number of benzene rings is 1. The third-order valence-corrected chi connectivity index (χ3v) is 3.90. The Hall–Kier alpha value is -1.39. The predicted molar refractivity (Wildman–Crippen MR) is 83.9 cm³/mol. The molecule has 21 heavy (non-hydrogen) atoms. The maximum atomic E-state index is 12.1. The van der Waals surface area contributed by atoms with Crippen LogP contribution < -0.4 is 5.32 Å². The van der Waals surface area contributed by atoms with Crippen LogP contribution in [0.15, 0.2) is 30.3 Å². The Morgan fingerprint density at radius 3 is 2.71 bits per heavy atom. The molecule has 4 nitrogen and oxygen atoms in total. The van der Waals surface area contributed by atoms with Gasteiger partial charge in [0.1, 0.15) is 12.6 Å². The topological polar surface area (TPSA) is 41.6 Å². The number of carbonyl (C=O) groups excluding carboxylic acids is 1. The van der Waals surface area contributed by atoms with E-state index in [4.69, 9.17) is 4.74 Å². The van der Waals surface area contributed by atoms with Crippen LogP contribution in [0.5, 0.6) is 0 Å². The van der Waals surface area contributed by atoms with Crippen molar-refractivity contribution in [3.05, 3.63) is 35.9 Å². The van der Waals surface area contributed by atoms with Gasteiger partial charge in [0.25, 0.3) is 0 Å². The van der Waals surface area contributed by atoms with Gasteiger partial charge >= 0.3 is 5.97 Å². The number of hydrogen-bond donors (Lipinski definition) is 1. The number of nitrogens with one attached hydrogen (secondary N) is 1. The standard InChI is InChI=1S/C17H26N2O2/c1-13(2)18-16-9-10-19(11-16)14(3)17(20)21-12-15-7-5-4-6-8-15/h4-8,13-14,16,18H,9-12H2,1-3H3/t14?,16-/m1/s1. The highest BCUT2D eigenvalue weighted by Crippen LogP contribution is 2.15. The summed E-state index contributed by atoms with van der Waals surface area (Å²) >= 11 is 0. The van der Waals surface area contributed by atoms with Crippen molar-refractivity contribution in [1.29, 1.82) is 0 Å². The summed E-state index contributed by atoms with van der Waals surface area (Å²) in [5, 5.41) is 3.53. The molecule has 1 aliphatic heterocycles. The third-order valence-electron chi connectivity index (χ3n) is 3.90. The van der Waals surface area contributed by atoms with Gasteiger partial charge in [-0.2, -0.15) is 0 Å². The van der Waals surface area contributed by atoms with Gasteiger partial charge in [-0.25, -0.2) is 0 Å². The summed E-state index contributed by atoms with van der Waals surface area (Å²) < 4.78 is 5.42. The lowest BCUT2D eigenvalue weighted by Crippen LogP contribution is -2.42. The van der Waals surface area contributed by atoms with Gasteiger partial charge in [-0.3, -0.25) is 9.69 Å². The number of likely N-dealkylation sites (tertiary alicyclic amines) is 1. The molecule has 0 spiro atoms. The zero-order chi connectivity index (χ0) is 15.2. The van der Waals surface area contributed by atoms with Crippen molar-refractivity contribution in [2.24, 2.45) is 0 Å². The molecule has 1 saturated heterocycles. The maximum absolute atomic E-state index is 12.1. The van der Waals surface area contributed by atoms with E-state index < -0.39 is 0 Å². The second-order valence-electron chi connectivity index (χ2n) is 6.07. The number of rotatable bonds is 6. The number of esters is 1. The van der Waals surface area contributed by atoms with Crippen molar-refractivity contribution in [3.8, 4) is 0 Å². The van der Waals surface area contributed by atoms with Crippen molar-refractivity contribution in [2.45, 2.75) is 51.9 Å². The van der Waals surface area contributed by atoms with Crippen LogP contribution in [0.3, 0.4) is 0 Å². The van der Waals surface area contributed by atoms with Gasteiger partial charge in [-0.15, -0.1) is 0 Å². The Balaban J connectivity index is 1.77. The highest BCUT2D eigenvalue weighted by atomic mass is 16.5. The summed E-state index contributed by atoms with van der Waals surface area (Å²) in [5.41, 5.74) is 1.03. The number of carbonyl (C=O) groups is 1. The monoisotopic (exact) mass is 290 g/mol. The largest absolute Gasteiger partial charge is 0.460 e. The van der Waals surface area contributed by atoms with Crippen LogP contribution in [0.2, 0.25) is 0 Å². The average molecular weight is 290 g/mol. The van der Waals surface area contributed by atoms with Gasteiger partial charge in [-0.1, -0.05) is 44.2 Å². The van der Waals surface area contributed by atoms with Crippen LogP contribution in [-0.2, 0) is 16.1 Å². The van der Waals surface area contributed by atoms with Gasteiger partial charge in [0, 0.05) is 25.2 Å². The summed E-state index contributed by atoms with van der Waals surface area (Å²) in [5.74, 6) is -0.135. The molecule has 2 atom stereocenters. The molecule has 0 amide bonds. The fourth-order valence-electron chi connectivity index (χ4n) is 2.74. The number of nitrogens with zero attached hydrogens (tertiary/aromatic N) is 1. The molecule has 1 aromatic rings. The van der Waals surface area contributed by atoms with E-state index in [1.54, 1.807) is 0 Å². The van der Waals surface area contributed by atoms with Crippen molar-refractivity contribution >= 4 is 5.97 Å². The van der Waals surface area contributed by atoms with Crippen LogP contribution in [0.4, 0.5) is 0 Å². The van der Waals surface area contributed by atoms with Crippen molar-refractivity contribution in [3.63, 3.8) is 0 Å². The van der Waals surface area contributed by atoms with E-state index in [1.165, 1.54) is 0 Å². The Morgan fingerprint density at radius 1 is 1.33 bits per heavy atom. The molecule has 1 aliphatic rings. The molecule has 0 saturated carbocycles. The van der Waals surface area contributed by atoms with Gasteiger partial charge in [0.15, 0.2) is 0 Å². The Bertz CT molecular complexity index is 447. The van der Waals surface area contributed by atoms with Gasteiger partial charge in [-0.05, 0) is 18.9 Å². The first-order valence-electron chi connectivity index (χ1n) is 7.77. The molecule has 0 radical (unpaired) electrons. The molecule has 1 N–H and O–H groups in total. The lowest BCUT2D eigenvalue weighted by molar-refractivity contribution is -0.150. The molecule has 1 fully saturated rings. The molecule has 116 valence electrons. The Labute approximate surface area is 127 Å². The minimum atomic E-state index is -0.173. The first-order chi connectivity index (χ1) is 10.1. The van der Waals surface area contributed by atoms with E-state index in [0.29, 0.717) is 18.7 Å². The minimum Gasteiger partial charge on any atom is -0.460 e. The summed E-state index contributed by atoms with van der Waals surface area (Å²) in [6, 6.07) is 10.6. The first-order valence-corrected chi connectivity index (χ1v) is 7.77. The maximum Gasteiger partial charge on any atom is 0.323 e. The molecule has 4 heteroatoms. The fraction of sp³-hybridized carbons (Fsp3) is 0.588. The number of ether oxygens (including phenoxy) is 1. The summed E-state index contributed by atoms with van der Waals surface area (Å²) in [4.78, 5) is 14.3. The highest BCUT2D eigenvalue weighted by Gasteiger charge is 2.30. The third kappa shape index (κ3) is 4.83. The summed E-state index contributed by atoms with van der Waals surface area (Å²) in [7, 11) is 0. The zero-order valence-electron chi connectivity index (χ0n) is 13.2. The molecular formula is C17H26N2O2. The Kier molecular flexibility index (Phi) is 5.76. The molecular weight excluding hydrogens is 264 g/mol. The van der Waals surface area contributed by atoms with Gasteiger partial charge in [0.2, 0.25) is 0 Å². The van der Waals surface area contributed by atoms with Gasteiger partial charge < -0.3 is 10.1 Å². The van der Waals surface area contributed by atoms with E-state index in [-0.39, 0.29) is 12.0 Å². The second kappa shape index (κ2) is 7.57. The molecule has 1 unspecified atom stereocenters. The van der Waals surface area contributed by atoms with Crippen molar-refractivity contribution in [1.82, 2.24) is 10.2 Å². The highest BCUT2D eigenvalue weighted by molar-refractivity contribution is 5.75. The molecule has 0 bridgehead atoms. The number of hydrogen-bond acceptors (Lipinski definition) is 4.